The molecule has 0 bridgehead atoms. The number of hydrogen-bond acceptors (Lipinski definition) is 5. The lowest BCUT2D eigenvalue weighted by molar-refractivity contribution is 0.102. The van der Waals surface area contributed by atoms with Crippen LogP contribution in [0.3, 0.4) is 0 Å². The number of aromatic nitrogens is 3. The van der Waals surface area contributed by atoms with Crippen LogP contribution in [0.5, 0.6) is 5.75 Å². The highest BCUT2D eigenvalue weighted by Gasteiger charge is 2.12. The molecule has 0 saturated heterocycles. The van der Waals surface area contributed by atoms with E-state index in [2.05, 4.69) is 19.9 Å². The first kappa shape index (κ1) is 20.1. The van der Waals surface area contributed by atoms with Crippen molar-refractivity contribution in [2.45, 2.75) is 20.1 Å². The summed E-state index contributed by atoms with van der Waals surface area (Å²) in [5.74, 6) is 1.42. The van der Waals surface area contributed by atoms with Crippen molar-refractivity contribution in [3.63, 3.8) is 0 Å². The summed E-state index contributed by atoms with van der Waals surface area (Å²) < 4.78 is 7.74. The number of anilines is 1. The average Bonchev–Trinajstić information content (AvgIpc) is 3.38. The molecular formula is C22H19ClN4O2S. The topological polar surface area (TPSA) is 69.0 Å². The number of rotatable bonds is 7. The fourth-order valence-corrected chi connectivity index (χ4v) is 3.62. The van der Waals surface area contributed by atoms with Crippen LogP contribution in [-0.2, 0) is 13.2 Å². The number of thiazole rings is 1. The van der Waals surface area contributed by atoms with Gasteiger partial charge in [0.2, 0.25) is 0 Å². The van der Waals surface area contributed by atoms with E-state index in [1.807, 2.05) is 37.4 Å². The van der Waals surface area contributed by atoms with Gasteiger partial charge in [0.05, 0.1) is 0 Å². The van der Waals surface area contributed by atoms with Crippen LogP contribution in [0.1, 0.15) is 26.9 Å². The highest BCUT2D eigenvalue weighted by atomic mass is 35.5. The Morgan fingerprint density at radius 1 is 1.17 bits per heavy atom. The van der Waals surface area contributed by atoms with E-state index in [1.165, 1.54) is 11.3 Å². The van der Waals surface area contributed by atoms with E-state index in [9.17, 15) is 4.79 Å². The zero-order valence-electron chi connectivity index (χ0n) is 16.2. The van der Waals surface area contributed by atoms with Crippen LogP contribution in [0.25, 0.3) is 0 Å². The van der Waals surface area contributed by atoms with E-state index in [4.69, 9.17) is 16.3 Å². The molecule has 8 heteroatoms. The highest BCUT2D eigenvalue weighted by molar-refractivity contribution is 7.09. The van der Waals surface area contributed by atoms with Crippen molar-refractivity contribution in [3.8, 4) is 5.75 Å². The number of aryl methyl sites for hydroxylation is 1. The summed E-state index contributed by atoms with van der Waals surface area (Å²) in [4.78, 5) is 21.1. The molecule has 2 aromatic carbocycles. The largest absolute Gasteiger partial charge is 0.486 e. The first-order chi connectivity index (χ1) is 14.6. The predicted molar refractivity (Wildman–Crippen MR) is 118 cm³/mol. The quantitative estimate of drug-likeness (QED) is 0.431. The van der Waals surface area contributed by atoms with Gasteiger partial charge in [-0.2, -0.15) is 0 Å². The minimum absolute atomic E-state index is 0.248. The Labute approximate surface area is 183 Å². The molecule has 0 saturated carbocycles. The van der Waals surface area contributed by atoms with Gasteiger partial charge in [-0.15, -0.1) is 11.3 Å². The molecule has 152 valence electrons. The Balaban J connectivity index is 1.32. The fourth-order valence-electron chi connectivity index (χ4n) is 2.81. The van der Waals surface area contributed by atoms with Gasteiger partial charge in [0.1, 0.15) is 28.9 Å². The molecule has 0 aliphatic heterocycles. The van der Waals surface area contributed by atoms with Crippen LogP contribution >= 0.6 is 22.9 Å². The van der Waals surface area contributed by atoms with Gasteiger partial charge in [-0.25, -0.2) is 9.97 Å². The van der Waals surface area contributed by atoms with E-state index in [-0.39, 0.29) is 5.91 Å². The summed E-state index contributed by atoms with van der Waals surface area (Å²) in [7, 11) is 0. The van der Waals surface area contributed by atoms with Gasteiger partial charge in [0, 0.05) is 35.0 Å². The first-order valence-electron chi connectivity index (χ1n) is 9.27. The van der Waals surface area contributed by atoms with Crippen LogP contribution < -0.4 is 10.1 Å². The zero-order chi connectivity index (χ0) is 20.9. The molecule has 0 radical (unpaired) electrons. The van der Waals surface area contributed by atoms with Crippen LogP contribution in [0.15, 0.2) is 66.3 Å². The van der Waals surface area contributed by atoms with Crippen molar-refractivity contribution in [1.82, 2.24) is 14.5 Å². The lowest BCUT2D eigenvalue weighted by Crippen LogP contribution is -2.12. The highest BCUT2D eigenvalue weighted by Crippen LogP contribution is 2.19. The zero-order valence-corrected chi connectivity index (χ0v) is 17.8. The smallest absolute Gasteiger partial charge is 0.275 e. The third-order valence-corrected chi connectivity index (χ3v) is 5.52. The monoisotopic (exact) mass is 438 g/mol. The molecule has 1 amide bonds. The van der Waals surface area contributed by atoms with Gasteiger partial charge in [-0.05, 0) is 48.9 Å². The lowest BCUT2D eigenvalue weighted by atomic mass is 10.2. The number of nitrogens with one attached hydrogen (secondary N) is 1. The SMILES string of the molecule is Cc1nccn1Cc1ccc(NC(=O)c2csc(COc3ccc(Cl)cc3)n2)cc1. The molecule has 30 heavy (non-hydrogen) atoms. The van der Waals surface area contributed by atoms with Crippen LogP contribution in [0.4, 0.5) is 5.69 Å². The number of hydrogen-bond donors (Lipinski definition) is 1. The molecular weight excluding hydrogens is 420 g/mol. The summed E-state index contributed by atoms with van der Waals surface area (Å²) in [6, 6.07) is 14.9. The van der Waals surface area contributed by atoms with Crippen LogP contribution in [0, 0.1) is 6.92 Å². The standard InChI is InChI=1S/C22H19ClN4O2S/c1-15-24-10-11-27(15)12-16-2-6-18(7-3-16)25-22(28)20-14-30-21(26-20)13-29-19-8-4-17(23)5-9-19/h2-11,14H,12-13H2,1H3,(H,25,28). The van der Waals surface area contributed by atoms with Gasteiger partial charge >= 0.3 is 0 Å². The Morgan fingerprint density at radius 2 is 1.93 bits per heavy atom. The summed E-state index contributed by atoms with van der Waals surface area (Å²) in [6.07, 6.45) is 3.73. The minimum atomic E-state index is -0.248. The molecule has 0 fully saturated rings. The molecule has 4 aromatic rings. The third-order valence-electron chi connectivity index (χ3n) is 4.45. The molecule has 2 aromatic heterocycles. The molecule has 2 heterocycles. The number of benzene rings is 2. The second-order valence-electron chi connectivity index (χ2n) is 6.62. The Kier molecular flexibility index (Phi) is 6.11. The van der Waals surface area contributed by atoms with Gasteiger partial charge in [-0.1, -0.05) is 23.7 Å². The Bertz CT molecular complexity index is 1140. The average molecular weight is 439 g/mol. The molecule has 0 atom stereocenters. The second kappa shape index (κ2) is 9.11. The normalized spacial score (nSPS) is 10.7. The molecule has 0 unspecified atom stereocenters. The van der Waals surface area contributed by atoms with E-state index in [0.717, 1.165) is 28.6 Å². The summed E-state index contributed by atoms with van der Waals surface area (Å²) >= 11 is 7.25. The molecule has 0 aliphatic rings. The molecule has 4 rings (SSSR count). The lowest BCUT2D eigenvalue weighted by Gasteiger charge is -2.07. The third kappa shape index (κ3) is 5.06. The summed E-state index contributed by atoms with van der Waals surface area (Å²) in [5, 5.41) is 5.98. The van der Waals surface area contributed by atoms with E-state index < -0.39 is 0 Å². The van der Waals surface area contributed by atoms with Crippen molar-refractivity contribution < 1.29 is 9.53 Å². The van der Waals surface area contributed by atoms with Crippen molar-refractivity contribution in [3.05, 3.63) is 93.4 Å². The maximum atomic E-state index is 12.5. The fraction of sp³-hybridized carbons (Fsp3) is 0.136. The number of ether oxygens (including phenoxy) is 1. The first-order valence-corrected chi connectivity index (χ1v) is 10.5. The summed E-state index contributed by atoms with van der Waals surface area (Å²) in [5.41, 5.74) is 2.22. The van der Waals surface area contributed by atoms with Crippen molar-refractivity contribution in [2.24, 2.45) is 0 Å². The molecule has 0 aliphatic carbocycles. The number of carbonyl (C=O) groups excluding carboxylic acids is 1. The van der Waals surface area contributed by atoms with Crippen molar-refractivity contribution >= 4 is 34.5 Å². The number of halogens is 1. The predicted octanol–water partition coefficient (Wildman–Crippen LogP) is 5.18. The Morgan fingerprint density at radius 3 is 2.63 bits per heavy atom. The van der Waals surface area contributed by atoms with Crippen LogP contribution in [-0.4, -0.2) is 20.4 Å². The van der Waals surface area contributed by atoms with Crippen molar-refractivity contribution in [1.29, 1.82) is 0 Å². The van der Waals surface area contributed by atoms with E-state index >= 15 is 0 Å². The maximum absolute atomic E-state index is 12.5. The number of imidazole rings is 1. The number of carbonyl (C=O) groups is 1. The van der Waals surface area contributed by atoms with Gasteiger partial charge in [-0.3, -0.25) is 4.79 Å². The number of amides is 1. The molecule has 1 N–H and O–H groups in total. The van der Waals surface area contributed by atoms with Crippen LogP contribution in [0.2, 0.25) is 5.02 Å². The van der Waals surface area contributed by atoms with Gasteiger partial charge in [0.15, 0.2) is 0 Å². The van der Waals surface area contributed by atoms with Crippen molar-refractivity contribution in [2.75, 3.05) is 5.32 Å². The van der Waals surface area contributed by atoms with Gasteiger partial charge in [0.25, 0.3) is 5.91 Å². The number of nitrogens with zero attached hydrogens (tertiary/aromatic N) is 3. The molecule has 6 nitrogen and oxygen atoms in total. The second-order valence-corrected chi connectivity index (χ2v) is 8.00. The minimum Gasteiger partial charge on any atom is -0.486 e. The Hall–Kier alpha value is -3.16. The molecule has 0 spiro atoms. The van der Waals surface area contributed by atoms with E-state index in [0.29, 0.717) is 23.1 Å². The van der Waals surface area contributed by atoms with E-state index in [1.54, 1.807) is 35.8 Å². The van der Waals surface area contributed by atoms with Gasteiger partial charge < -0.3 is 14.6 Å². The summed E-state index contributed by atoms with van der Waals surface area (Å²) in [6.45, 7) is 3.00. The maximum Gasteiger partial charge on any atom is 0.275 e.